The van der Waals surface area contributed by atoms with Gasteiger partial charge in [-0.15, -0.1) is 0 Å². The number of hydrogen-bond acceptors (Lipinski definition) is 3. The lowest BCUT2D eigenvalue weighted by atomic mass is 10.0. The second-order valence-corrected chi connectivity index (χ2v) is 6.41. The first-order chi connectivity index (χ1) is 9.52. The van der Waals surface area contributed by atoms with E-state index >= 15 is 0 Å². The molecule has 2 rings (SSSR count). The summed E-state index contributed by atoms with van der Waals surface area (Å²) in [6.45, 7) is 1.99. The van der Waals surface area contributed by atoms with Gasteiger partial charge in [-0.3, -0.25) is 0 Å². The van der Waals surface area contributed by atoms with Crippen molar-refractivity contribution in [2.75, 3.05) is 0 Å². The highest BCUT2D eigenvalue weighted by Gasteiger charge is 2.22. The van der Waals surface area contributed by atoms with Gasteiger partial charge in [-0.2, -0.15) is 11.3 Å². The van der Waals surface area contributed by atoms with E-state index in [1.54, 1.807) is 11.3 Å². The number of nitrogens with two attached hydrogens (primary N) is 1. The molecule has 1 aromatic heterocycles. The van der Waals surface area contributed by atoms with Crippen molar-refractivity contribution in [2.24, 2.45) is 5.73 Å². The first-order valence-corrected chi connectivity index (χ1v) is 8.23. The van der Waals surface area contributed by atoms with Gasteiger partial charge in [0.1, 0.15) is 17.7 Å². The fourth-order valence-electron chi connectivity index (χ4n) is 1.79. The molecular weight excluding hydrogens is 365 g/mol. The minimum Gasteiger partial charge on any atom is -0.483 e. The van der Waals surface area contributed by atoms with E-state index in [2.05, 4.69) is 15.9 Å². The van der Waals surface area contributed by atoms with Crippen molar-refractivity contribution < 1.29 is 9.13 Å². The van der Waals surface area contributed by atoms with Crippen LogP contribution in [0, 0.1) is 5.82 Å². The lowest BCUT2D eigenvalue weighted by Crippen LogP contribution is -2.31. The normalized spacial score (nSPS) is 14.1. The summed E-state index contributed by atoms with van der Waals surface area (Å²) >= 11 is 10.6. The molecule has 2 atom stereocenters. The number of halogens is 3. The van der Waals surface area contributed by atoms with E-state index in [1.807, 2.05) is 23.8 Å². The molecule has 2 aromatic rings. The first kappa shape index (κ1) is 15.8. The smallest absolute Gasteiger partial charge is 0.145 e. The molecule has 0 aliphatic rings. The van der Waals surface area contributed by atoms with Crippen LogP contribution >= 0.6 is 38.9 Å². The highest BCUT2D eigenvalue weighted by molar-refractivity contribution is 9.10. The largest absolute Gasteiger partial charge is 0.483 e. The van der Waals surface area contributed by atoms with Crippen molar-refractivity contribution in [1.82, 2.24) is 0 Å². The van der Waals surface area contributed by atoms with Gasteiger partial charge in [-0.1, -0.05) is 18.5 Å². The number of hydrogen-bond donors (Lipinski definition) is 1. The van der Waals surface area contributed by atoms with Gasteiger partial charge in [0.05, 0.1) is 9.50 Å². The first-order valence-electron chi connectivity index (χ1n) is 6.11. The molecule has 0 amide bonds. The number of thiophene rings is 1. The molecule has 2 N–H and O–H groups in total. The van der Waals surface area contributed by atoms with Crippen molar-refractivity contribution in [3.63, 3.8) is 0 Å². The average molecular weight is 379 g/mol. The zero-order valence-corrected chi connectivity index (χ0v) is 13.9. The molecule has 6 heteroatoms. The second kappa shape index (κ2) is 6.89. The molecule has 1 aromatic carbocycles. The number of rotatable bonds is 5. The third kappa shape index (κ3) is 3.52. The monoisotopic (exact) mass is 377 g/mol. The fourth-order valence-corrected chi connectivity index (χ4v) is 3.20. The molecule has 0 aliphatic heterocycles. The van der Waals surface area contributed by atoms with Crippen molar-refractivity contribution in [1.29, 1.82) is 0 Å². The van der Waals surface area contributed by atoms with E-state index in [0.29, 0.717) is 10.2 Å². The third-order valence-electron chi connectivity index (χ3n) is 2.96. The summed E-state index contributed by atoms with van der Waals surface area (Å²) in [5.41, 5.74) is 7.11. The van der Waals surface area contributed by atoms with Crippen LogP contribution in [0.3, 0.4) is 0 Å². The van der Waals surface area contributed by atoms with Crippen molar-refractivity contribution in [2.45, 2.75) is 25.5 Å². The van der Waals surface area contributed by atoms with E-state index in [0.717, 1.165) is 12.0 Å². The maximum absolute atomic E-state index is 13.6. The highest BCUT2D eigenvalue weighted by Crippen LogP contribution is 2.35. The van der Waals surface area contributed by atoms with E-state index < -0.39 is 5.82 Å². The summed E-state index contributed by atoms with van der Waals surface area (Å²) in [5, 5.41) is 4.00. The van der Waals surface area contributed by atoms with Gasteiger partial charge in [0.2, 0.25) is 0 Å². The molecule has 108 valence electrons. The van der Waals surface area contributed by atoms with Gasteiger partial charge in [-0.05, 0) is 45.2 Å². The molecule has 0 saturated heterocycles. The Labute approximate surface area is 134 Å². The van der Waals surface area contributed by atoms with Gasteiger partial charge in [-0.25, -0.2) is 4.39 Å². The van der Waals surface area contributed by atoms with Crippen LogP contribution in [0.1, 0.15) is 25.0 Å². The van der Waals surface area contributed by atoms with Crippen LogP contribution < -0.4 is 10.5 Å². The van der Waals surface area contributed by atoms with E-state index in [9.17, 15) is 4.39 Å². The van der Waals surface area contributed by atoms with E-state index in [-0.39, 0.29) is 17.2 Å². The van der Waals surface area contributed by atoms with Crippen LogP contribution in [0.4, 0.5) is 4.39 Å². The van der Waals surface area contributed by atoms with Crippen molar-refractivity contribution in [3.8, 4) is 5.75 Å². The van der Waals surface area contributed by atoms with Gasteiger partial charge in [0.25, 0.3) is 0 Å². The number of ether oxygens (including phenoxy) is 1. The van der Waals surface area contributed by atoms with Crippen LogP contribution in [-0.2, 0) is 0 Å². The molecule has 0 fully saturated rings. The Hall–Kier alpha value is -0.620. The standard InChI is InChI=1S/C14H14BrClFNOS/c1-2-12(18)14(8-3-4-20-7-8)19-13-6-11(17)10(16)5-9(13)15/h3-7,12,14H,2,18H2,1H3. The SMILES string of the molecule is CCC(N)C(Oc1cc(F)c(Cl)cc1Br)c1ccsc1. The topological polar surface area (TPSA) is 35.2 Å². The molecule has 0 radical (unpaired) electrons. The Morgan fingerprint density at radius 1 is 1.50 bits per heavy atom. The van der Waals surface area contributed by atoms with Gasteiger partial charge in [0, 0.05) is 17.7 Å². The van der Waals surface area contributed by atoms with Gasteiger partial charge in [0.15, 0.2) is 0 Å². The zero-order chi connectivity index (χ0) is 14.7. The Kier molecular flexibility index (Phi) is 5.43. The Balaban J connectivity index is 2.31. The summed E-state index contributed by atoms with van der Waals surface area (Å²) in [6.07, 6.45) is 0.442. The lowest BCUT2D eigenvalue weighted by molar-refractivity contribution is 0.169. The molecular formula is C14H14BrClFNOS. The molecule has 0 spiro atoms. The zero-order valence-electron chi connectivity index (χ0n) is 10.8. The summed E-state index contributed by atoms with van der Waals surface area (Å²) < 4.78 is 20.1. The van der Waals surface area contributed by atoms with Crippen LogP contribution in [0.25, 0.3) is 0 Å². The fraction of sp³-hybridized carbons (Fsp3) is 0.286. The number of benzene rings is 1. The minimum absolute atomic E-state index is 0.0519. The minimum atomic E-state index is -0.515. The second-order valence-electron chi connectivity index (χ2n) is 4.36. The Bertz CT molecular complexity index is 579. The van der Waals surface area contributed by atoms with E-state index in [1.165, 1.54) is 12.1 Å². The summed E-state index contributed by atoms with van der Waals surface area (Å²) in [7, 11) is 0. The Morgan fingerprint density at radius 3 is 2.85 bits per heavy atom. The molecule has 2 nitrogen and oxygen atoms in total. The molecule has 2 unspecified atom stereocenters. The maximum Gasteiger partial charge on any atom is 0.145 e. The molecule has 0 saturated carbocycles. The molecule has 20 heavy (non-hydrogen) atoms. The highest BCUT2D eigenvalue weighted by atomic mass is 79.9. The summed E-state index contributed by atoms with van der Waals surface area (Å²) in [5.74, 6) is -0.119. The van der Waals surface area contributed by atoms with Crippen LogP contribution in [-0.4, -0.2) is 6.04 Å². The van der Waals surface area contributed by atoms with Crippen LogP contribution in [0.5, 0.6) is 5.75 Å². The van der Waals surface area contributed by atoms with Crippen molar-refractivity contribution in [3.05, 3.63) is 49.8 Å². The van der Waals surface area contributed by atoms with Gasteiger partial charge >= 0.3 is 0 Å². The lowest BCUT2D eigenvalue weighted by Gasteiger charge is -2.24. The van der Waals surface area contributed by atoms with E-state index in [4.69, 9.17) is 22.1 Å². The van der Waals surface area contributed by atoms with Crippen LogP contribution in [0.15, 0.2) is 33.4 Å². The van der Waals surface area contributed by atoms with Crippen molar-refractivity contribution >= 4 is 38.9 Å². The molecule has 1 heterocycles. The summed E-state index contributed by atoms with van der Waals surface area (Å²) in [6, 6.07) is 4.54. The molecule has 0 aliphatic carbocycles. The average Bonchev–Trinajstić information content (AvgIpc) is 2.94. The summed E-state index contributed by atoms with van der Waals surface area (Å²) in [4.78, 5) is 0. The predicted octanol–water partition coefficient (Wildman–Crippen LogP) is 5.16. The maximum atomic E-state index is 13.6. The Morgan fingerprint density at radius 2 is 2.25 bits per heavy atom. The van der Waals surface area contributed by atoms with Gasteiger partial charge < -0.3 is 10.5 Å². The third-order valence-corrected chi connectivity index (χ3v) is 4.57. The van der Waals surface area contributed by atoms with Crippen LogP contribution in [0.2, 0.25) is 5.02 Å². The predicted molar refractivity (Wildman–Crippen MR) is 85.1 cm³/mol. The molecule has 0 bridgehead atoms. The quantitative estimate of drug-likeness (QED) is 0.729.